The highest BCUT2D eigenvalue weighted by molar-refractivity contribution is 6.06. The molecular weight excluding hydrogens is 310 g/mol. The first-order chi connectivity index (χ1) is 11.6. The molecular formula is C17H13N3O4. The van der Waals surface area contributed by atoms with Crippen LogP contribution in [-0.2, 0) is 0 Å². The van der Waals surface area contributed by atoms with Gasteiger partial charge in [-0.05, 0) is 42.5 Å². The summed E-state index contributed by atoms with van der Waals surface area (Å²) in [4.78, 5) is 28.1. The van der Waals surface area contributed by atoms with E-state index in [1.165, 1.54) is 30.7 Å². The number of amides is 2. The summed E-state index contributed by atoms with van der Waals surface area (Å²) in [5.41, 5.74) is 0.742. The molecule has 2 aromatic heterocycles. The summed E-state index contributed by atoms with van der Waals surface area (Å²) in [5.74, 6) is -0.776. The Morgan fingerprint density at radius 1 is 1.00 bits per heavy atom. The normalized spacial score (nSPS) is 10.2. The summed E-state index contributed by atoms with van der Waals surface area (Å²) in [6.07, 6.45) is 2.85. The fraction of sp³-hybridized carbons (Fsp3) is 0. The predicted molar refractivity (Wildman–Crippen MR) is 87.0 cm³/mol. The molecule has 3 N–H and O–H groups in total. The number of hydrogen-bond donors (Lipinski definition) is 3. The maximum atomic E-state index is 12.2. The Hall–Kier alpha value is -3.61. The summed E-state index contributed by atoms with van der Waals surface area (Å²) in [5, 5.41) is 14.8. The Morgan fingerprint density at radius 2 is 1.88 bits per heavy atom. The van der Waals surface area contributed by atoms with Crippen LogP contribution in [0.5, 0.6) is 5.75 Å². The van der Waals surface area contributed by atoms with Gasteiger partial charge in [0.1, 0.15) is 0 Å². The molecule has 7 heteroatoms. The van der Waals surface area contributed by atoms with E-state index in [4.69, 9.17) is 4.42 Å². The average Bonchev–Trinajstić information content (AvgIpc) is 3.12. The van der Waals surface area contributed by atoms with Crippen molar-refractivity contribution in [2.24, 2.45) is 0 Å². The number of carbonyl (C=O) groups is 2. The number of pyridine rings is 1. The lowest BCUT2D eigenvalue weighted by molar-refractivity contribution is 0.0993. The second-order valence-corrected chi connectivity index (χ2v) is 4.84. The van der Waals surface area contributed by atoms with Gasteiger partial charge in [0.2, 0.25) is 0 Å². The Bertz CT molecular complexity index is 875. The Balaban J connectivity index is 1.74. The van der Waals surface area contributed by atoms with E-state index in [1.54, 1.807) is 30.3 Å². The van der Waals surface area contributed by atoms with Crippen molar-refractivity contribution in [1.82, 2.24) is 4.98 Å². The van der Waals surface area contributed by atoms with Gasteiger partial charge >= 0.3 is 0 Å². The molecule has 2 heterocycles. The largest absolute Gasteiger partial charge is 0.504 e. The Labute approximate surface area is 137 Å². The van der Waals surface area contributed by atoms with E-state index in [9.17, 15) is 14.7 Å². The fourth-order valence-corrected chi connectivity index (χ4v) is 2.01. The van der Waals surface area contributed by atoms with Gasteiger partial charge in [0.25, 0.3) is 11.8 Å². The van der Waals surface area contributed by atoms with E-state index in [2.05, 4.69) is 15.6 Å². The maximum absolute atomic E-state index is 12.2. The quantitative estimate of drug-likeness (QED) is 0.685. The van der Waals surface area contributed by atoms with Crippen molar-refractivity contribution >= 4 is 23.3 Å². The van der Waals surface area contributed by atoms with E-state index in [1.807, 2.05) is 0 Å². The molecule has 1 aromatic carbocycles. The summed E-state index contributed by atoms with van der Waals surface area (Å²) in [6, 6.07) is 12.5. The maximum Gasteiger partial charge on any atom is 0.291 e. The highest BCUT2D eigenvalue weighted by Crippen LogP contribution is 2.20. The zero-order valence-corrected chi connectivity index (χ0v) is 12.4. The molecule has 3 rings (SSSR count). The molecule has 2 amide bonds. The number of furan rings is 1. The second kappa shape index (κ2) is 6.66. The summed E-state index contributed by atoms with van der Waals surface area (Å²) in [7, 11) is 0. The molecule has 0 saturated carbocycles. The first-order valence-corrected chi connectivity index (χ1v) is 7.04. The number of benzene rings is 1. The van der Waals surface area contributed by atoms with E-state index in [-0.39, 0.29) is 17.3 Å². The lowest BCUT2D eigenvalue weighted by Gasteiger charge is -2.08. The van der Waals surface area contributed by atoms with Crippen molar-refractivity contribution in [3.63, 3.8) is 0 Å². The van der Waals surface area contributed by atoms with Crippen molar-refractivity contribution in [3.05, 3.63) is 72.3 Å². The van der Waals surface area contributed by atoms with Crippen LogP contribution in [0.4, 0.5) is 11.5 Å². The Kier molecular flexibility index (Phi) is 4.24. The van der Waals surface area contributed by atoms with Gasteiger partial charge in [0.15, 0.2) is 17.3 Å². The summed E-state index contributed by atoms with van der Waals surface area (Å²) >= 11 is 0. The SMILES string of the molecule is O=C(Nc1ncccc1O)c1cccc(NC(=O)c2ccco2)c1. The van der Waals surface area contributed by atoms with Crippen molar-refractivity contribution in [3.8, 4) is 5.75 Å². The number of aromatic nitrogens is 1. The van der Waals surface area contributed by atoms with Crippen LogP contribution in [-0.4, -0.2) is 21.9 Å². The smallest absolute Gasteiger partial charge is 0.291 e. The average molecular weight is 323 g/mol. The molecule has 7 nitrogen and oxygen atoms in total. The van der Waals surface area contributed by atoms with Crippen molar-refractivity contribution < 1.29 is 19.1 Å². The van der Waals surface area contributed by atoms with Crippen molar-refractivity contribution in [2.45, 2.75) is 0 Å². The second-order valence-electron chi connectivity index (χ2n) is 4.84. The molecule has 24 heavy (non-hydrogen) atoms. The van der Waals surface area contributed by atoms with Gasteiger partial charge < -0.3 is 20.2 Å². The summed E-state index contributed by atoms with van der Waals surface area (Å²) in [6.45, 7) is 0. The zero-order chi connectivity index (χ0) is 16.9. The lowest BCUT2D eigenvalue weighted by atomic mass is 10.2. The van der Waals surface area contributed by atoms with Crippen LogP contribution < -0.4 is 10.6 Å². The van der Waals surface area contributed by atoms with Crippen LogP contribution in [0.1, 0.15) is 20.9 Å². The van der Waals surface area contributed by atoms with Gasteiger partial charge in [-0.15, -0.1) is 0 Å². The fourth-order valence-electron chi connectivity index (χ4n) is 2.01. The molecule has 0 fully saturated rings. The van der Waals surface area contributed by atoms with E-state index in [0.717, 1.165) is 0 Å². The molecule has 0 unspecified atom stereocenters. The van der Waals surface area contributed by atoms with Crippen LogP contribution in [0.25, 0.3) is 0 Å². The summed E-state index contributed by atoms with van der Waals surface area (Å²) < 4.78 is 5.01. The highest BCUT2D eigenvalue weighted by Gasteiger charge is 2.12. The molecule has 0 spiro atoms. The van der Waals surface area contributed by atoms with E-state index in [0.29, 0.717) is 11.3 Å². The number of carbonyl (C=O) groups excluding carboxylic acids is 2. The molecule has 3 aromatic rings. The van der Waals surface area contributed by atoms with Gasteiger partial charge in [-0.2, -0.15) is 0 Å². The monoisotopic (exact) mass is 323 g/mol. The minimum absolute atomic E-state index is 0.0625. The van der Waals surface area contributed by atoms with Crippen LogP contribution in [0.15, 0.2) is 65.4 Å². The molecule has 0 radical (unpaired) electrons. The van der Waals surface area contributed by atoms with Crippen molar-refractivity contribution in [1.29, 1.82) is 0 Å². The number of rotatable bonds is 4. The molecule has 0 aliphatic rings. The van der Waals surface area contributed by atoms with Gasteiger partial charge in [-0.3, -0.25) is 9.59 Å². The lowest BCUT2D eigenvalue weighted by Crippen LogP contribution is -2.15. The molecule has 0 aliphatic carbocycles. The molecule has 0 bridgehead atoms. The van der Waals surface area contributed by atoms with Crippen LogP contribution in [0, 0.1) is 0 Å². The van der Waals surface area contributed by atoms with Gasteiger partial charge in [0.05, 0.1) is 6.26 Å². The third kappa shape index (κ3) is 3.41. The highest BCUT2D eigenvalue weighted by atomic mass is 16.3. The van der Waals surface area contributed by atoms with Gasteiger partial charge in [-0.25, -0.2) is 4.98 Å². The topological polar surface area (TPSA) is 104 Å². The molecule has 120 valence electrons. The number of nitrogens with one attached hydrogen (secondary N) is 2. The Morgan fingerprint density at radius 3 is 2.62 bits per heavy atom. The van der Waals surface area contributed by atoms with Crippen LogP contribution in [0.3, 0.4) is 0 Å². The standard InChI is InChI=1S/C17H13N3O4/c21-13-6-2-8-18-15(13)20-16(22)11-4-1-5-12(10-11)19-17(23)14-7-3-9-24-14/h1-10,21H,(H,19,23)(H,18,20,22). The van der Waals surface area contributed by atoms with E-state index < -0.39 is 11.8 Å². The first-order valence-electron chi connectivity index (χ1n) is 7.04. The van der Waals surface area contributed by atoms with Gasteiger partial charge in [0, 0.05) is 17.4 Å². The van der Waals surface area contributed by atoms with E-state index >= 15 is 0 Å². The third-order valence-corrected chi connectivity index (χ3v) is 3.15. The zero-order valence-electron chi connectivity index (χ0n) is 12.4. The first kappa shape index (κ1) is 15.3. The third-order valence-electron chi connectivity index (χ3n) is 3.15. The number of aromatic hydroxyl groups is 1. The van der Waals surface area contributed by atoms with Crippen LogP contribution >= 0.6 is 0 Å². The number of hydrogen-bond acceptors (Lipinski definition) is 5. The molecule has 0 saturated heterocycles. The predicted octanol–water partition coefficient (Wildman–Crippen LogP) is 2.88. The van der Waals surface area contributed by atoms with Gasteiger partial charge in [-0.1, -0.05) is 6.07 Å². The number of nitrogens with zero attached hydrogens (tertiary/aromatic N) is 1. The molecule has 0 atom stereocenters. The van der Waals surface area contributed by atoms with Crippen molar-refractivity contribution in [2.75, 3.05) is 10.6 Å². The number of anilines is 2. The molecule has 0 aliphatic heterocycles. The minimum atomic E-state index is -0.460. The minimum Gasteiger partial charge on any atom is -0.504 e. The van der Waals surface area contributed by atoms with Crippen LogP contribution in [0.2, 0.25) is 0 Å².